The molecule has 1 amide bonds. The van der Waals surface area contributed by atoms with Crippen molar-refractivity contribution in [3.05, 3.63) is 22.4 Å². The monoisotopic (exact) mass is 293 g/mol. The Balaban J connectivity index is 2.25. The van der Waals surface area contributed by atoms with Crippen molar-refractivity contribution in [2.24, 2.45) is 5.41 Å². The minimum Gasteiger partial charge on any atom is -0.481 e. The molecule has 7 nitrogen and oxygen atoms in total. The third-order valence-electron chi connectivity index (χ3n) is 3.33. The summed E-state index contributed by atoms with van der Waals surface area (Å²) in [6.07, 6.45) is -4.65. The zero-order chi connectivity index (χ0) is 15.1. The van der Waals surface area contributed by atoms with Crippen LogP contribution in [0.2, 0.25) is 0 Å². The number of aliphatic carboxylic acids is 1. The maximum absolute atomic E-state index is 12.9. The molecule has 2 rings (SSSR count). The number of nitrogens with one attached hydrogen (secondary N) is 2. The number of hydrogen-bond acceptors (Lipinski definition) is 3. The summed E-state index contributed by atoms with van der Waals surface area (Å²) in [6.45, 7) is -1.32. The van der Waals surface area contributed by atoms with E-state index in [1.807, 2.05) is 0 Å². The smallest absolute Gasteiger partial charge is 0.406 e. The minimum absolute atomic E-state index is 0.210. The molecule has 1 fully saturated rings. The van der Waals surface area contributed by atoms with Gasteiger partial charge in [0.2, 0.25) is 0 Å². The molecule has 0 bridgehead atoms. The van der Waals surface area contributed by atoms with Crippen molar-refractivity contribution in [3.8, 4) is 0 Å². The van der Waals surface area contributed by atoms with Crippen molar-refractivity contribution < 1.29 is 27.9 Å². The van der Waals surface area contributed by atoms with E-state index < -0.39 is 42.1 Å². The largest absolute Gasteiger partial charge is 0.481 e. The molecule has 0 radical (unpaired) electrons. The van der Waals surface area contributed by atoms with Crippen molar-refractivity contribution in [1.29, 1.82) is 0 Å². The number of imidazole rings is 1. The third kappa shape index (κ3) is 2.06. The maximum atomic E-state index is 12.9. The van der Waals surface area contributed by atoms with Gasteiger partial charge in [0, 0.05) is 19.3 Å². The Hall–Kier alpha value is -2.26. The van der Waals surface area contributed by atoms with Gasteiger partial charge in [-0.3, -0.25) is 9.59 Å². The quantitative estimate of drug-likeness (QED) is 0.723. The van der Waals surface area contributed by atoms with Gasteiger partial charge in [0.05, 0.1) is 0 Å². The second-order valence-corrected chi connectivity index (χ2v) is 4.52. The molecule has 3 N–H and O–H groups in total. The Morgan fingerprint density at radius 3 is 2.45 bits per heavy atom. The zero-order valence-electron chi connectivity index (χ0n) is 9.95. The number of alkyl halides is 3. The average Bonchev–Trinajstić information content (AvgIpc) is 2.93. The molecule has 20 heavy (non-hydrogen) atoms. The number of aromatic amines is 2. The normalized spacial score (nSPS) is 23.1. The highest BCUT2D eigenvalue weighted by atomic mass is 19.4. The predicted molar refractivity (Wildman–Crippen MR) is 58.1 cm³/mol. The zero-order valence-corrected chi connectivity index (χ0v) is 9.95. The number of carbonyl (C=O) groups is 2. The molecule has 1 aromatic rings. The summed E-state index contributed by atoms with van der Waals surface area (Å²) < 4.78 is 38.8. The van der Waals surface area contributed by atoms with Gasteiger partial charge in [-0.1, -0.05) is 0 Å². The van der Waals surface area contributed by atoms with Crippen molar-refractivity contribution in [3.63, 3.8) is 0 Å². The Morgan fingerprint density at radius 1 is 1.40 bits per heavy atom. The fourth-order valence-corrected chi connectivity index (χ4v) is 2.13. The van der Waals surface area contributed by atoms with E-state index in [0.29, 0.717) is 0 Å². The maximum Gasteiger partial charge on any atom is 0.406 e. The molecule has 1 aliphatic heterocycles. The van der Waals surface area contributed by atoms with Crippen LogP contribution in [0.3, 0.4) is 0 Å². The first-order chi connectivity index (χ1) is 9.17. The van der Waals surface area contributed by atoms with E-state index in [4.69, 9.17) is 5.11 Å². The van der Waals surface area contributed by atoms with E-state index in [9.17, 15) is 27.6 Å². The highest BCUT2D eigenvalue weighted by Gasteiger charge is 2.64. The standard InChI is InChI=1S/C10H10F3N3O4/c11-10(12,13)9(7(18)19)1-2-16(4-9)6(17)5-3-14-8(20)15-5/h3H,1-2,4H2,(H,18,19)(H2,14,15,20). The van der Waals surface area contributed by atoms with Crippen LogP contribution in [0.1, 0.15) is 16.9 Å². The minimum atomic E-state index is -4.96. The molecule has 1 aromatic heterocycles. The molecular weight excluding hydrogens is 283 g/mol. The van der Waals surface area contributed by atoms with E-state index in [1.54, 1.807) is 0 Å². The number of aromatic nitrogens is 2. The van der Waals surface area contributed by atoms with E-state index in [-0.39, 0.29) is 12.2 Å². The van der Waals surface area contributed by atoms with Crippen LogP contribution in [0.25, 0.3) is 0 Å². The fourth-order valence-electron chi connectivity index (χ4n) is 2.13. The van der Waals surface area contributed by atoms with Gasteiger partial charge in [-0.25, -0.2) is 4.79 Å². The van der Waals surface area contributed by atoms with Gasteiger partial charge in [-0.2, -0.15) is 13.2 Å². The number of amides is 1. The van der Waals surface area contributed by atoms with Crippen LogP contribution < -0.4 is 5.69 Å². The van der Waals surface area contributed by atoms with Crippen LogP contribution in [0.4, 0.5) is 13.2 Å². The van der Waals surface area contributed by atoms with Crippen LogP contribution in [-0.2, 0) is 4.79 Å². The Morgan fingerprint density at radius 2 is 2.05 bits per heavy atom. The lowest BCUT2D eigenvalue weighted by Crippen LogP contribution is -2.47. The molecule has 1 unspecified atom stereocenters. The Bertz CT molecular complexity index is 605. The van der Waals surface area contributed by atoms with Crippen molar-refractivity contribution in [2.45, 2.75) is 12.6 Å². The molecule has 0 aliphatic carbocycles. The summed E-state index contributed by atoms with van der Waals surface area (Å²) in [5, 5.41) is 8.85. The van der Waals surface area contributed by atoms with Crippen LogP contribution in [0.15, 0.2) is 11.0 Å². The van der Waals surface area contributed by atoms with E-state index in [1.165, 1.54) is 0 Å². The molecule has 1 saturated heterocycles. The number of H-pyrrole nitrogens is 2. The Labute approximate surface area is 109 Å². The molecule has 2 heterocycles. The van der Waals surface area contributed by atoms with Gasteiger partial charge in [0.15, 0.2) is 5.41 Å². The molecule has 10 heteroatoms. The van der Waals surface area contributed by atoms with E-state index in [2.05, 4.69) is 9.97 Å². The molecular formula is C10H10F3N3O4. The second-order valence-electron chi connectivity index (χ2n) is 4.52. The fraction of sp³-hybridized carbons (Fsp3) is 0.500. The van der Waals surface area contributed by atoms with Crippen molar-refractivity contribution >= 4 is 11.9 Å². The molecule has 110 valence electrons. The third-order valence-corrected chi connectivity index (χ3v) is 3.33. The first-order valence-corrected chi connectivity index (χ1v) is 5.54. The lowest BCUT2D eigenvalue weighted by atomic mass is 9.86. The number of carboxylic acids is 1. The Kier molecular flexibility index (Phi) is 3.11. The van der Waals surface area contributed by atoms with E-state index >= 15 is 0 Å². The lowest BCUT2D eigenvalue weighted by Gasteiger charge is -2.27. The molecule has 1 atom stereocenters. The summed E-state index contributed by atoms with van der Waals surface area (Å²) >= 11 is 0. The van der Waals surface area contributed by atoms with Crippen molar-refractivity contribution in [2.75, 3.05) is 13.1 Å². The lowest BCUT2D eigenvalue weighted by molar-refractivity contribution is -0.227. The van der Waals surface area contributed by atoms with Gasteiger partial charge >= 0.3 is 17.8 Å². The summed E-state index contributed by atoms with van der Waals surface area (Å²) in [5.74, 6) is -2.86. The van der Waals surface area contributed by atoms with Crippen LogP contribution >= 0.6 is 0 Å². The van der Waals surface area contributed by atoms with Gasteiger partial charge in [0.25, 0.3) is 5.91 Å². The average molecular weight is 293 g/mol. The number of rotatable bonds is 2. The number of halogens is 3. The van der Waals surface area contributed by atoms with Gasteiger partial charge in [-0.05, 0) is 6.42 Å². The van der Waals surface area contributed by atoms with Gasteiger partial charge in [0.1, 0.15) is 5.69 Å². The molecule has 0 aromatic carbocycles. The second kappa shape index (κ2) is 4.39. The van der Waals surface area contributed by atoms with Crippen LogP contribution in [-0.4, -0.2) is 51.1 Å². The summed E-state index contributed by atoms with van der Waals surface area (Å²) in [4.78, 5) is 38.7. The van der Waals surface area contributed by atoms with E-state index in [0.717, 1.165) is 11.1 Å². The number of hydrogen-bond donors (Lipinski definition) is 3. The summed E-state index contributed by atoms with van der Waals surface area (Å²) in [5.41, 5.74) is -3.84. The summed E-state index contributed by atoms with van der Waals surface area (Å²) in [7, 11) is 0. The topological polar surface area (TPSA) is 106 Å². The summed E-state index contributed by atoms with van der Waals surface area (Å²) in [6, 6.07) is 0. The van der Waals surface area contributed by atoms with Crippen molar-refractivity contribution in [1.82, 2.24) is 14.9 Å². The number of likely N-dealkylation sites (tertiary alicyclic amines) is 1. The SMILES string of the molecule is O=C(c1c[nH]c(=O)[nH]1)N1CCC(C(=O)O)(C(F)(F)F)C1. The first-order valence-electron chi connectivity index (χ1n) is 5.54. The molecule has 0 spiro atoms. The number of nitrogens with zero attached hydrogens (tertiary/aromatic N) is 1. The van der Waals surface area contributed by atoms with Crippen LogP contribution in [0, 0.1) is 5.41 Å². The molecule has 1 aliphatic rings. The highest BCUT2D eigenvalue weighted by Crippen LogP contribution is 2.45. The van der Waals surface area contributed by atoms with Crippen LogP contribution in [0.5, 0.6) is 0 Å². The van der Waals surface area contributed by atoms with Gasteiger partial charge < -0.3 is 20.0 Å². The van der Waals surface area contributed by atoms with Gasteiger partial charge in [-0.15, -0.1) is 0 Å². The number of carbonyl (C=O) groups excluding carboxylic acids is 1. The number of carboxylic acid groups (broad SMARTS) is 1. The molecule has 0 saturated carbocycles. The highest BCUT2D eigenvalue weighted by molar-refractivity contribution is 5.93. The predicted octanol–water partition coefficient (Wildman–Crippen LogP) is 0.182. The first kappa shape index (κ1) is 14.2.